The molecule has 0 radical (unpaired) electrons. The molecule has 0 atom stereocenters. The Morgan fingerprint density at radius 1 is 0.595 bits per heavy atom. The van der Waals surface area contributed by atoms with Crippen molar-refractivity contribution < 1.29 is 19.1 Å². The first-order valence-electron chi connectivity index (χ1n) is 15.4. The average Bonchev–Trinajstić information content (AvgIpc) is 2.89. The zero-order valence-corrected chi connectivity index (χ0v) is 27.4. The third-order valence-corrected chi connectivity index (χ3v) is 10.3. The molecule has 6 nitrogen and oxygen atoms in total. The summed E-state index contributed by atoms with van der Waals surface area (Å²) in [5.41, 5.74) is 1.13. The molecular formula is C36H52N2O4. The van der Waals surface area contributed by atoms with Crippen LogP contribution < -0.4 is 0 Å². The number of rotatable bonds is 7. The van der Waals surface area contributed by atoms with E-state index in [4.69, 9.17) is 9.47 Å². The lowest BCUT2D eigenvalue weighted by molar-refractivity contribution is -0.178. The van der Waals surface area contributed by atoms with E-state index in [9.17, 15) is 9.59 Å². The van der Waals surface area contributed by atoms with Crippen molar-refractivity contribution in [3.63, 3.8) is 0 Å². The van der Waals surface area contributed by atoms with Crippen molar-refractivity contribution in [1.82, 2.24) is 9.80 Å². The lowest BCUT2D eigenvalue weighted by atomic mass is 9.77. The number of benzene rings is 2. The van der Waals surface area contributed by atoms with Crippen LogP contribution in [0.25, 0.3) is 0 Å². The topological polar surface area (TPSA) is 59.1 Å². The third-order valence-electron chi connectivity index (χ3n) is 10.3. The number of hydrogen-bond acceptors (Lipinski definition) is 6. The van der Waals surface area contributed by atoms with Crippen molar-refractivity contribution in [2.75, 3.05) is 14.1 Å². The normalized spacial score (nSPS) is 22.7. The van der Waals surface area contributed by atoms with E-state index in [0.717, 1.165) is 11.1 Å². The number of likely N-dealkylation sites (tertiary alicyclic amines) is 2. The predicted octanol–water partition coefficient (Wildman–Crippen LogP) is 6.82. The Hall–Kier alpha value is -2.70. The van der Waals surface area contributed by atoms with E-state index in [0.29, 0.717) is 25.7 Å². The third kappa shape index (κ3) is 6.75. The summed E-state index contributed by atoms with van der Waals surface area (Å²) in [5.74, 6) is -2.69. The van der Waals surface area contributed by atoms with Crippen LogP contribution in [0.5, 0.6) is 0 Å². The van der Waals surface area contributed by atoms with Gasteiger partial charge in [0.25, 0.3) is 0 Å². The molecule has 230 valence electrons. The minimum absolute atomic E-state index is 0.160. The maximum atomic E-state index is 14.3. The highest BCUT2D eigenvalue weighted by Crippen LogP contribution is 2.42. The number of esters is 2. The minimum Gasteiger partial charge on any atom is -0.462 e. The largest absolute Gasteiger partial charge is 0.462 e. The van der Waals surface area contributed by atoms with E-state index in [2.05, 4.69) is 79.3 Å². The average molecular weight is 577 g/mol. The Labute approximate surface area is 253 Å². The molecule has 2 fully saturated rings. The van der Waals surface area contributed by atoms with Crippen LogP contribution in [0.2, 0.25) is 0 Å². The summed E-state index contributed by atoms with van der Waals surface area (Å²) < 4.78 is 12.7. The van der Waals surface area contributed by atoms with E-state index < -0.39 is 23.8 Å². The van der Waals surface area contributed by atoms with Crippen LogP contribution in [0.3, 0.4) is 0 Å². The molecule has 2 heterocycles. The van der Waals surface area contributed by atoms with Gasteiger partial charge in [0, 0.05) is 53.8 Å². The smallest absolute Gasteiger partial charge is 0.321 e. The van der Waals surface area contributed by atoms with Gasteiger partial charge in [0.15, 0.2) is 5.92 Å². The van der Waals surface area contributed by atoms with Gasteiger partial charge < -0.3 is 9.47 Å². The van der Waals surface area contributed by atoms with Crippen LogP contribution >= 0.6 is 0 Å². The second-order valence-corrected chi connectivity index (χ2v) is 15.1. The van der Waals surface area contributed by atoms with Crippen molar-refractivity contribution in [3.8, 4) is 0 Å². The first-order valence-corrected chi connectivity index (χ1v) is 15.4. The van der Waals surface area contributed by atoms with Gasteiger partial charge in [-0.1, -0.05) is 60.7 Å². The fourth-order valence-electron chi connectivity index (χ4n) is 7.47. The van der Waals surface area contributed by atoms with Gasteiger partial charge in [0.1, 0.15) is 12.2 Å². The summed E-state index contributed by atoms with van der Waals surface area (Å²) in [6, 6.07) is 19.6. The molecule has 2 saturated heterocycles. The van der Waals surface area contributed by atoms with Crippen LogP contribution in [-0.2, 0) is 19.1 Å². The molecule has 0 saturated carbocycles. The molecule has 2 aromatic carbocycles. The molecule has 0 N–H and O–H groups in total. The zero-order chi connectivity index (χ0) is 31.1. The Kier molecular flexibility index (Phi) is 9.02. The SMILES string of the molecule is CN1C(C)(C)CC(OC(=O)C(C(=O)OC2CC(C)(C)N(C)C(C)(C)C2)C(c2ccccc2)c2ccccc2)CC1(C)C. The number of ether oxygens (including phenoxy) is 2. The van der Waals surface area contributed by atoms with Gasteiger partial charge in [-0.15, -0.1) is 0 Å². The van der Waals surface area contributed by atoms with Crippen LogP contribution in [0.4, 0.5) is 0 Å². The monoisotopic (exact) mass is 576 g/mol. The molecule has 0 aromatic heterocycles. The molecule has 0 unspecified atom stereocenters. The lowest BCUT2D eigenvalue weighted by Crippen LogP contribution is -2.61. The van der Waals surface area contributed by atoms with Gasteiger partial charge in [-0.2, -0.15) is 0 Å². The number of piperidine rings is 2. The number of carbonyl (C=O) groups excluding carboxylic acids is 2. The molecule has 6 heteroatoms. The summed E-state index contributed by atoms with van der Waals surface area (Å²) in [6.07, 6.45) is 2.17. The van der Waals surface area contributed by atoms with E-state index in [1.54, 1.807) is 0 Å². The first kappa shape index (κ1) is 32.2. The van der Waals surface area contributed by atoms with Crippen molar-refractivity contribution in [1.29, 1.82) is 0 Å². The fourth-order valence-corrected chi connectivity index (χ4v) is 7.47. The van der Waals surface area contributed by atoms with E-state index >= 15 is 0 Å². The van der Waals surface area contributed by atoms with Gasteiger partial charge in [-0.05, 0) is 80.6 Å². The molecule has 4 rings (SSSR count). The fraction of sp³-hybridized carbons (Fsp3) is 0.611. The maximum Gasteiger partial charge on any atom is 0.321 e. The second-order valence-electron chi connectivity index (χ2n) is 15.1. The Balaban J connectivity index is 1.71. The molecular weight excluding hydrogens is 524 g/mol. The summed E-state index contributed by atoms with van der Waals surface area (Å²) in [5, 5.41) is 0. The Morgan fingerprint density at radius 2 is 0.881 bits per heavy atom. The Morgan fingerprint density at radius 3 is 1.17 bits per heavy atom. The van der Waals surface area contributed by atoms with E-state index in [1.165, 1.54) is 0 Å². The van der Waals surface area contributed by atoms with Crippen molar-refractivity contribution in [3.05, 3.63) is 71.8 Å². The van der Waals surface area contributed by atoms with Crippen LogP contribution in [0, 0.1) is 5.92 Å². The zero-order valence-electron chi connectivity index (χ0n) is 27.4. The highest BCUT2D eigenvalue weighted by molar-refractivity contribution is 5.97. The standard InChI is InChI=1S/C36H52N2O4/c1-33(2)21-27(22-34(3,4)37(33)9)41-31(39)30(29(25-17-13-11-14-18-25)26-19-15-12-16-20-26)32(40)42-28-23-35(5,6)38(10)36(7,8)24-28/h11-20,27-30H,21-24H2,1-10H3. The number of carbonyl (C=O) groups is 2. The molecule has 0 amide bonds. The van der Waals surface area contributed by atoms with Crippen LogP contribution in [0.1, 0.15) is 98.1 Å². The minimum atomic E-state index is -1.13. The van der Waals surface area contributed by atoms with Crippen molar-refractivity contribution >= 4 is 11.9 Å². The van der Waals surface area contributed by atoms with Gasteiger partial charge >= 0.3 is 11.9 Å². The first-order chi connectivity index (χ1) is 19.4. The van der Waals surface area contributed by atoms with Gasteiger partial charge in [0.2, 0.25) is 0 Å². The van der Waals surface area contributed by atoms with Gasteiger partial charge in [-0.3, -0.25) is 19.4 Å². The van der Waals surface area contributed by atoms with Gasteiger partial charge in [0.05, 0.1) is 0 Å². The molecule has 2 aliphatic heterocycles. The van der Waals surface area contributed by atoms with Crippen molar-refractivity contribution in [2.45, 2.75) is 121 Å². The van der Waals surface area contributed by atoms with Gasteiger partial charge in [-0.25, -0.2) is 0 Å². The van der Waals surface area contributed by atoms with E-state index in [-0.39, 0.29) is 34.4 Å². The highest BCUT2D eigenvalue weighted by atomic mass is 16.6. The second kappa shape index (κ2) is 11.8. The summed E-state index contributed by atoms with van der Waals surface area (Å²) in [6.45, 7) is 17.5. The molecule has 0 aliphatic carbocycles. The summed E-state index contributed by atoms with van der Waals surface area (Å²) in [7, 11) is 4.26. The summed E-state index contributed by atoms with van der Waals surface area (Å²) in [4.78, 5) is 33.4. The highest BCUT2D eigenvalue weighted by Gasteiger charge is 2.49. The summed E-state index contributed by atoms with van der Waals surface area (Å²) >= 11 is 0. The quantitative estimate of drug-likeness (QED) is 0.266. The molecule has 2 aromatic rings. The maximum absolute atomic E-state index is 14.3. The molecule has 0 bridgehead atoms. The number of hydrogen-bond donors (Lipinski definition) is 0. The Bertz CT molecular complexity index is 1110. The molecule has 2 aliphatic rings. The van der Waals surface area contributed by atoms with Crippen molar-refractivity contribution in [2.24, 2.45) is 5.92 Å². The van der Waals surface area contributed by atoms with E-state index in [1.807, 2.05) is 60.7 Å². The number of nitrogens with zero attached hydrogens (tertiary/aromatic N) is 2. The molecule has 42 heavy (non-hydrogen) atoms. The lowest BCUT2D eigenvalue weighted by Gasteiger charge is -2.53. The van der Waals surface area contributed by atoms with Crippen LogP contribution in [0.15, 0.2) is 60.7 Å². The predicted molar refractivity (Wildman–Crippen MR) is 168 cm³/mol. The molecule has 0 spiro atoms. The van der Waals surface area contributed by atoms with Crippen LogP contribution in [-0.4, -0.2) is 70.2 Å².